The van der Waals surface area contributed by atoms with E-state index in [1.54, 1.807) is 0 Å². The maximum atomic E-state index is 13.8. The summed E-state index contributed by atoms with van der Waals surface area (Å²) in [5.41, 5.74) is -2.79. The van der Waals surface area contributed by atoms with Gasteiger partial charge < -0.3 is 5.48 Å². The minimum Gasteiger partial charge on any atom is -0.412 e. The molecule has 0 aliphatic heterocycles. The van der Waals surface area contributed by atoms with Crippen molar-refractivity contribution in [3.8, 4) is 0 Å². The van der Waals surface area contributed by atoms with Crippen LogP contribution < -0.4 is 0 Å². The van der Waals surface area contributed by atoms with Crippen molar-refractivity contribution in [3.05, 3.63) is 164 Å². The molecule has 0 spiro atoms. The normalized spacial score (nSPS) is 10.4. The smallest absolute Gasteiger partial charge is 0.200 e. The molecule has 0 bridgehead atoms. The first-order valence-corrected chi connectivity index (χ1v) is 13.8. The second-order valence-electron chi connectivity index (χ2n) is 9.96. The van der Waals surface area contributed by atoms with Gasteiger partial charge in [0.15, 0.2) is 81.4 Å². The molecule has 1 nitrogen and oxygen atoms in total. The van der Waals surface area contributed by atoms with Crippen LogP contribution in [0.4, 0.5) is 65.9 Å². The molecule has 0 saturated heterocycles. The second-order valence-corrected chi connectivity index (χ2v) is 9.96. The van der Waals surface area contributed by atoms with Crippen LogP contribution in [0.1, 0.15) is 45.9 Å². The highest BCUT2D eigenvalue weighted by Gasteiger charge is 2.26. The molecule has 2 N–H and O–H groups in total. The van der Waals surface area contributed by atoms with E-state index in [9.17, 15) is 65.9 Å². The van der Waals surface area contributed by atoms with Crippen LogP contribution in [0.5, 0.6) is 0 Å². The number of allylic oxidation sites excluding steroid dienone is 1. The summed E-state index contributed by atoms with van der Waals surface area (Å²) < 4.78 is 196. The average Bonchev–Trinajstić information content (AvgIpc) is 3.09. The molecule has 0 saturated carbocycles. The van der Waals surface area contributed by atoms with E-state index in [1.807, 2.05) is 0 Å². The predicted molar refractivity (Wildman–Crippen MR) is 160 cm³/mol. The predicted octanol–water partition coefficient (Wildman–Crippen LogP) is 10.8. The SMILES string of the molecule is C=CCc1c(F)c(F)c(F)c(F)c1F.C=Cc1c(C)c(F)c(F)c(F)c1C=C.CCc1c(F)c(F)c(Cc2cc(F)c(F)c(F)c2)c(F)c1F.O. The molecule has 4 rings (SSSR count). The molecule has 0 radical (unpaired) electrons. The quantitative estimate of drug-likeness (QED) is 0.0781. The van der Waals surface area contributed by atoms with Gasteiger partial charge in [-0.25, -0.2) is 65.9 Å². The second kappa shape index (κ2) is 18.3. The Balaban J connectivity index is 0.000000395. The van der Waals surface area contributed by atoms with Crippen molar-refractivity contribution >= 4 is 12.2 Å². The molecule has 0 unspecified atom stereocenters. The Labute approximate surface area is 281 Å². The van der Waals surface area contributed by atoms with Gasteiger partial charge in [0.25, 0.3) is 0 Å². The van der Waals surface area contributed by atoms with Crippen molar-refractivity contribution in [3.63, 3.8) is 0 Å². The highest BCUT2D eigenvalue weighted by atomic mass is 19.2. The highest BCUT2D eigenvalue weighted by Crippen LogP contribution is 2.29. The summed E-state index contributed by atoms with van der Waals surface area (Å²) in [6.45, 7) is 12.6. The fourth-order valence-corrected chi connectivity index (χ4v) is 4.36. The Hall–Kier alpha value is -4.99. The Bertz CT molecular complexity index is 1850. The number of rotatable bonds is 7. The molecular weight excluding hydrogens is 721 g/mol. The molecule has 0 heterocycles. The standard InChI is InChI=1S/C15H9F7.C11H9F3.C9H5F5.H2O/c1-2-7-11(18)13(20)8(14(21)12(7)19)3-6-4-9(16)15(22)10(17)5-6;1-4-7-6(3)9(12)11(14)10(13)8(7)5-2;1-2-3-4-5(10)7(12)9(14)8(13)6(4)11;/h4-5H,2-3H2,1H3;4-5H,1-2H2,3H3;2H,1,3H2;1H2. The van der Waals surface area contributed by atoms with Crippen LogP contribution in [0.25, 0.3) is 12.2 Å². The first-order valence-electron chi connectivity index (χ1n) is 13.8. The van der Waals surface area contributed by atoms with Gasteiger partial charge in [0.2, 0.25) is 5.82 Å². The van der Waals surface area contributed by atoms with E-state index in [4.69, 9.17) is 0 Å². The zero-order valence-corrected chi connectivity index (χ0v) is 26.3. The van der Waals surface area contributed by atoms with Gasteiger partial charge in [0, 0.05) is 28.7 Å². The van der Waals surface area contributed by atoms with E-state index in [2.05, 4.69) is 19.7 Å². The first-order chi connectivity index (χ1) is 23.3. The Morgan fingerprint density at radius 1 is 0.471 bits per heavy atom. The van der Waals surface area contributed by atoms with Crippen LogP contribution in [-0.2, 0) is 19.3 Å². The van der Waals surface area contributed by atoms with E-state index in [-0.39, 0.29) is 34.2 Å². The Kier molecular flexibility index (Phi) is 15.8. The van der Waals surface area contributed by atoms with E-state index >= 15 is 0 Å². The van der Waals surface area contributed by atoms with E-state index in [0.29, 0.717) is 12.1 Å². The molecule has 0 fully saturated rings. The van der Waals surface area contributed by atoms with E-state index in [1.165, 1.54) is 19.9 Å². The fourth-order valence-electron chi connectivity index (χ4n) is 4.36. The maximum Gasteiger partial charge on any atom is 0.200 e. The molecule has 0 amide bonds. The van der Waals surface area contributed by atoms with Crippen molar-refractivity contribution in [1.82, 2.24) is 0 Å². The van der Waals surface area contributed by atoms with Crippen LogP contribution in [0.3, 0.4) is 0 Å². The van der Waals surface area contributed by atoms with Gasteiger partial charge in [-0.3, -0.25) is 0 Å². The van der Waals surface area contributed by atoms with Gasteiger partial charge in [-0.05, 0) is 48.6 Å². The largest absolute Gasteiger partial charge is 0.412 e. The highest BCUT2D eigenvalue weighted by molar-refractivity contribution is 5.67. The lowest BCUT2D eigenvalue weighted by Crippen LogP contribution is -2.09. The third-order valence-electron chi connectivity index (χ3n) is 6.93. The lowest BCUT2D eigenvalue weighted by Gasteiger charge is -2.11. The molecular formula is C35H25F15O. The monoisotopic (exact) mass is 746 g/mol. The third-order valence-corrected chi connectivity index (χ3v) is 6.93. The van der Waals surface area contributed by atoms with Crippen LogP contribution in [0, 0.1) is 94.2 Å². The van der Waals surface area contributed by atoms with Gasteiger partial charge in [-0.2, -0.15) is 0 Å². The van der Waals surface area contributed by atoms with Crippen molar-refractivity contribution in [1.29, 1.82) is 0 Å². The number of halogens is 15. The van der Waals surface area contributed by atoms with Gasteiger partial charge in [-0.15, -0.1) is 6.58 Å². The van der Waals surface area contributed by atoms with Crippen LogP contribution in [-0.4, -0.2) is 5.48 Å². The molecule has 0 atom stereocenters. The molecule has 0 aliphatic carbocycles. The summed E-state index contributed by atoms with van der Waals surface area (Å²) in [4.78, 5) is 0. The zero-order chi connectivity index (χ0) is 38.4. The molecule has 16 heteroatoms. The van der Waals surface area contributed by atoms with Gasteiger partial charge in [-0.1, -0.05) is 38.3 Å². The van der Waals surface area contributed by atoms with Gasteiger partial charge in [0.05, 0.1) is 0 Å². The van der Waals surface area contributed by atoms with E-state index in [0.717, 1.165) is 12.2 Å². The Morgan fingerprint density at radius 3 is 1.24 bits per heavy atom. The average molecular weight is 747 g/mol. The summed E-state index contributed by atoms with van der Waals surface area (Å²) >= 11 is 0. The summed E-state index contributed by atoms with van der Waals surface area (Å²) in [5, 5.41) is 0. The molecule has 0 aliphatic rings. The summed E-state index contributed by atoms with van der Waals surface area (Å²) in [5.74, 6) is -24.8. The van der Waals surface area contributed by atoms with Crippen LogP contribution in [0.15, 0.2) is 37.9 Å². The van der Waals surface area contributed by atoms with Crippen molar-refractivity contribution in [2.24, 2.45) is 0 Å². The summed E-state index contributed by atoms with van der Waals surface area (Å²) in [6, 6.07) is 1.00. The molecule has 51 heavy (non-hydrogen) atoms. The lowest BCUT2D eigenvalue weighted by molar-refractivity contribution is 0.371. The third kappa shape index (κ3) is 9.03. The minimum absolute atomic E-state index is 0. The summed E-state index contributed by atoms with van der Waals surface area (Å²) in [7, 11) is 0. The number of hydrogen-bond acceptors (Lipinski definition) is 0. The molecule has 276 valence electrons. The van der Waals surface area contributed by atoms with Crippen molar-refractivity contribution < 1.29 is 71.3 Å². The topological polar surface area (TPSA) is 31.5 Å². The molecule has 0 aromatic heterocycles. The fraction of sp³-hybridized carbons (Fsp3) is 0.143. The van der Waals surface area contributed by atoms with Crippen LogP contribution >= 0.6 is 0 Å². The number of benzene rings is 4. The lowest BCUT2D eigenvalue weighted by atomic mass is 9.99. The maximum absolute atomic E-state index is 13.8. The number of hydrogen-bond donors (Lipinski definition) is 0. The Morgan fingerprint density at radius 2 is 0.843 bits per heavy atom. The van der Waals surface area contributed by atoms with E-state index < -0.39 is 117 Å². The van der Waals surface area contributed by atoms with Gasteiger partial charge in [0.1, 0.15) is 0 Å². The summed E-state index contributed by atoms with van der Waals surface area (Å²) in [6.07, 6.45) is 1.96. The first kappa shape index (κ1) is 44.0. The molecule has 4 aromatic carbocycles. The van der Waals surface area contributed by atoms with Gasteiger partial charge >= 0.3 is 0 Å². The molecule has 4 aromatic rings. The van der Waals surface area contributed by atoms with Crippen molar-refractivity contribution in [2.75, 3.05) is 0 Å². The van der Waals surface area contributed by atoms with Crippen LogP contribution in [0.2, 0.25) is 0 Å². The van der Waals surface area contributed by atoms with Crippen molar-refractivity contribution in [2.45, 2.75) is 33.1 Å². The minimum atomic E-state index is -2.15. The zero-order valence-electron chi connectivity index (χ0n) is 26.3.